The van der Waals surface area contributed by atoms with Gasteiger partial charge >= 0.3 is 5.69 Å². The van der Waals surface area contributed by atoms with Crippen LogP contribution in [0.15, 0.2) is 70.6 Å². The zero-order valence-corrected chi connectivity index (χ0v) is 15.8. The predicted molar refractivity (Wildman–Crippen MR) is 108 cm³/mol. The Bertz CT molecular complexity index is 1290. The quantitative estimate of drug-likeness (QED) is 0.543. The fourth-order valence-electron chi connectivity index (χ4n) is 3.33. The number of carbonyl (C=O) groups is 1. The maximum absolute atomic E-state index is 13.4. The first-order valence-electron chi connectivity index (χ1n) is 9.06. The van der Waals surface area contributed by atoms with Crippen molar-refractivity contribution >= 4 is 16.8 Å². The number of aryl methyl sites for hydroxylation is 1. The predicted octanol–water partition coefficient (Wildman–Crippen LogP) is 1.79. The summed E-state index contributed by atoms with van der Waals surface area (Å²) in [4.78, 5) is 47.2. The minimum Gasteiger partial charge on any atom is -0.340 e. The van der Waals surface area contributed by atoms with Crippen molar-refractivity contribution in [1.82, 2.24) is 24.4 Å². The van der Waals surface area contributed by atoms with Crippen molar-refractivity contribution in [2.45, 2.75) is 13.1 Å². The summed E-state index contributed by atoms with van der Waals surface area (Å²) in [5, 5.41) is 0.960. The molecule has 3 heterocycles. The first-order valence-corrected chi connectivity index (χ1v) is 9.06. The summed E-state index contributed by atoms with van der Waals surface area (Å²) >= 11 is 0. The number of pyridine rings is 1. The van der Waals surface area contributed by atoms with Crippen LogP contribution in [0.4, 0.5) is 0 Å². The van der Waals surface area contributed by atoms with Gasteiger partial charge in [-0.05, 0) is 23.8 Å². The van der Waals surface area contributed by atoms with E-state index in [1.807, 2.05) is 48.0 Å². The van der Waals surface area contributed by atoms with E-state index in [1.54, 1.807) is 23.4 Å². The summed E-state index contributed by atoms with van der Waals surface area (Å²) in [5.74, 6) is -0.224. The molecular formula is C21H19N5O3. The normalized spacial score (nSPS) is 10.9. The lowest BCUT2D eigenvalue weighted by Gasteiger charge is -2.22. The van der Waals surface area contributed by atoms with Crippen LogP contribution in [0, 0.1) is 0 Å². The highest BCUT2D eigenvalue weighted by molar-refractivity contribution is 5.98. The van der Waals surface area contributed by atoms with Crippen LogP contribution in [0.2, 0.25) is 0 Å². The van der Waals surface area contributed by atoms with Crippen LogP contribution in [0.5, 0.6) is 0 Å². The Hall–Kier alpha value is -3.94. The van der Waals surface area contributed by atoms with E-state index in [-0.39, 0.29) is 19.0 Å². The molecule has 0 fully saturated rings. The van der Waals surface area contributed by atoms with Crippen LogP contribution in [0.25, 0.3) is 10.9 Å². The Morgan fingerprint density at radius 3 is 2.69 bits per heavy atom. The standard InChI is InChI=1S/C21H19N5O3/c1-25-17-7-3-2-6-15(17)9-18(25)20(28)26(12-14-5-4-8-22-10-14)13-16-11-23-21(29)24-19(16)27/h2-11H,12-13H2,1H3,(H2,23,24,27,29). The molecular weight excluding hydrogens is 370 g/mol. The molecule has 0 aliphatic rings. The number of fused-ring (bicyclic) bond motifs is 1. The first-order chi connectivity index (χ1) is 14.0. The minimum atomic E-state index is -0.586. The Labute approximate surface area is 165 Å². The molecule has 1 aromatic carbocycles. The van der Waals surface area contributed by atoms with E-state index in [1.165, 1.54) is 6.20 Å². The van der Waals surface area contributed by atoms with Crippen LogP contribution < -0.4 is 11.2 Å². The molecule has 0 saturated carbocycles. The smallest absolute Gasteiger partial charge is 0.325 e. The van der Waals surface area contributed by atoms with E-state index in [9.17, 15) is 14.4 Å². The summed E-state index contributed by atoms with van der Waals surface area (Å²) in [6.07, 6.45) is 4.68. The van der Waals surface area contributed by atoms with Gasteiger partial charge in [0.2, 0.25) is 0 Å². The lowest BCUT2D eigenvalue weighted by atomic mass is 10.2. The molecule has 0 saturated heterocycles. The monoisotopic (exact) mass is 389 g/mol. The highest BCUT2D eigenvalue weighted by atomic mass is 16.2. The summed E-state index contributed by atoms with van der Waals surface area (Å²) in [6, 6.07) is 13.2. The number of aromatic nitrogens is 4. The SMILES string of the molecule is Cn1c(C(=O)N(Cc2cccnc2)Cc2c[nH]c(=O)[nH]c2=O)cc2ccccc21. The van der Waals surface area contributed by atoms with Crippen LogP contribution in [-0.2, 0) is 20.1 Å². The molecule has 4 rings (SSSR count). The Morgan fingerprint density at radius 2 is 1.97 bits per heavy atom. The number of carbonyl (C=O) groups excluding carboxylic acids is 1. The van der Waals surface area contributed by atoms with Gasteiger partial charge < -0.3 is 14.5 Å². The molecule has 146 valence electrons. The van der Waals surface area contributed by atoms with Crippen molar-refractivity contribution in [1.29, 1.82) is 0 Å². The van der Waals surface area contributed by atoms with Crippen LogP contribution in [0.3, 0.4) is 0 Å². The van der Waals surface area contributed by atoms with Gasteiger partial charge in [0, 0.05) is 43.1 Å². The van der Waals surface area contributed by atoms with Gasteiger partial charge in [-0.25, -0.2) is 4.79 Å². The maximum atomic E-state index is 13.4. The second-order valence-electron chi connectivity index (χ2n) is 6.77. The van der Waals surface area contributed by atoms with E-state index in [0.29, 0.717) is 11.3 Å². The van der Waals surface area contributed by atoms with Crippen molar-refractivity contribution in [3.8, 4) is 0 Å². The maximum Gasteiger partial charge on any atom is 0.325 e. The second-order valence-corrected chi connectivity index (χ2v) is 6.77. The molecule has 2 N–H and O–H groups in total. The molecule has 0 atom stereocenters. The van der Waals surface area contributed by atoms with E-state index < -0.39 is 11.2 Å². The third kappa shape index (κ3) is 3.73. The highest BCUT2D eigenvalue weighted by Crippen LogP contribution is 2.21. The number of hydrogen-bond donors (Lipinski definition) is 2. The summed E-state index contributed by atoms with van der Waals surface area (Å²) in [6.45, 7) is 0.314. The van der Waals surface area contributed by atoms with Crippen LogP contribution in [-0.4, -0.2) is 30.3 Å². The summed E-state index contributed by atoms with van der Waals surface area (Å²) < 4.78 is 1.84. The van der Waals surface area contributed by atoms with Crippen molar-refractivity contribution in [2.75, 3.05) is 0 Å². The minimum absolute atomic E-state index is 0.0430. The lowest BCUT2D eigenvalue weighted by Crippen LogP contribution is -2.35. The van der Waals surface area contributed by atoms with E-state index in [2.05, 4.69) is 15.0 Å². The molecule has 0 aliphatic carbocycles. The number of rotatable bonds is 5. The zero-order chi connectivity index (χ0) is 20.4. The van der Waals surface area contributed by atoms with Crippen molar-refractivity contribution < 1.29 is 4.79 Å². The molecule has 0 bridgehead atoms. The fraction of sp³-hybridized carbons (Fsp3) is 0.143. The van der Waals surface area contributed by atoms with Gasteiger partial charge in [-0.3, -0.25) is 19.6 Å². The van der Waals surface area contributed by atoms with E-state index in [4.69, 9.17) is 0 Å². The number of aromatic amines is 2. The number of benzene rings is 1. The number of nitrogens with zero attached hydrogens (tertiary/aromatic N) is 3. The molecule has 8 nitrogen and oxygen atoms in total. The summed E-state index contributed by atoms with van der Waals surface area (Å²) in [7, 11) is 1.84. The third-order valence-corrected chi connectivity index (χ3v) is 4.81. The Kier molecular flexibility index (Phi) is 4.82. The van der Waals surface area contributed by atoms with Crippen molar-refractivity contribution in [3.63, 3.8) is 0 Å². The average molecular weight is 389 g/mol. The lowest BCUT2D eigenvalue weighted by molar-refractivity contribution is 0.0720. The zero-order valence-electron chi connectivity index (χ0n) is 15.8. The topological polar surface area (TPSA) is 104 Å². The second kappa shape index (κ2) is 7.59. The van der Waals surface area contributed by atoms with Gasteiger partial charge in [0.15, 0.2) is 0 Å². The Balaban J connectivity index is 1.73. The highest BCUT2D eigenvalue weighted by Gasteiger charge is 2.22. The van der Waals surface area contributed by atoms with Gasteiger partial charge in [-0.2, -0.15) is 0 Å². The number of nitrogens with one attached hydrogen (secondary N) is 2. The molecule has 0 spiro atoms. The van der Waals surface area contributed by atoms with Crippen LogP contribution in [0.1, 0.15) is 21.6 Å². The molecule has 4 aromatic rings. The largest absolute Gasteiger partial charge is 0.340 e. The average Bonchev–Trinajstić information content (AvgIpc) is 3.06. The third-order valence-electron chi connectivity index (χ3n) is 4.81. The fourth-order valence-corrected chi connectivity index (χ4v) is 3.33. The van der Waals surface area contributed by atoms with E-state index >= 15 is 0 Å². The molecule has 3 aromatic heterocycles. The first kappa shape index (κ1) is 18.4. The van der Waals surface area contributed by atoms with Gasteiger partial charge in [0.25, 0.3) is 11.5 Å². The molecule has 8 heteroatoms. The van der Waals surface area contributed by atoms with Gasteiger partial charge in [-0.1, -0.05) is 24.3 Å². The summed E-state index contributed by atoms with van der Waals surface area (Å²) in [5.41, 5.74) is 1.48. The number of para-hydroxylation sites is 1. The molecule has 29 heavy (non-hydrogen) atoms. The van der Waals surface area contributed by atoms with Crippen molar-refractivity contribution in [3.05, 3.63) is 98.7 Å². The number of amides is 1. The molecule has 0 unspecified atom stereocenters. The van der Waals surface area contributed by atoms with Crippen LogP contribution >= 0.6 is 0 Å². The number of hydrogen-bond acceptors (Lipinski definition) is 4. The van der Waals surface area contributed by atoms with E-state index in [0.717, 1.165) is 16.5 Å². The molecule has 0 aliphatic heterocycles. The number of H-pyrrole nitrogens is 2. The molecule has 1 amide bonds. The van der Waals surface area contributed by atoms with Gasteiger partial charge in [0.05, 0.1) is 12.1 Å². The van der Waals surface area contributed by atoms with Gasteiger partial charge in [-0.15, -0.1) is 0 Å². The Morgan fingerprint density at radius 1 is 1.14 bits per heavy atom. The van der Waals surface area contributed by atoms with Crippen molar-refractivity contribution in [2.24, 2.45) is 7.05 Å². The molecule has 0 radical (unpaired) electrons. The van der Waals surface area contributed by atoms with Gasteiger partial charge in [0.1, 0.15) is 5.69 Å².